The van der Waals surface area contributed by atoms with E-state index in [9.17, 15) is 4.79 Å². The average Bonchev–Trinajstić information content (AvgIpc) is 2.36. The zero-order chi connectivity index (χ0) is 13.5. The Labute approximate surface area is 120 Å². The van der Waals surface area contributed by atoms with Crippen molar-refractivity contribution in [1.82, 2.24) is 0 Å². The Morgan fingerprint density at radius 3 is 2.83 bits per heavy atom. The van der Waals surface area contributed by atoms with Gasteiger partial charge in [-0.2, -0.15) is 0 Å². The molecule has 0 fully saturated rings. The fourth-order valence-electron chi connectivity index (χ4n) is 1.37. The molecule has 98 valence electrons. The number of methoxy groups -OCH3 is 1. The van der Waals surface area contributed by atoms with Gasteiger partial charge in [-0.3, -0.25) is 0 Å². The Morgan fingerprint density at radius 2 is 2.28 bits per heavy atom. The third kappa shape index (κ3) is 4.38. The van der Waals surface area contributed by atoms with Crippen molar-refractivity contribution in [2.24, 2.45) is 0 Å². The summed E-state index contributed by atoms with van der Waals surface area (Å²) in [7, 11) is 1.40. The molecule has 0 aromatic heterocycles. The number of thioether (sulfide) groups is 1. The molecule has 2 N–H and O–H groups in total. The normalized spacial score (nSPS) is 11.4. The minimum Gasteiger partial charge on any atom is -0.466 e. The molecule has 0 spiro atoms. The number of anilines is 1. The second-order valence-corrected chi connectivity index (χ2v) is 5.49. The lowest BCUT2D eigenvalue weighted by molar-refractivity contribution is -0.136. The highest BCUT2D eigenvalue weighted by atomic mass is 79.9. The summed E-state index contributed by atoms with van der Waals surface area (Å²) in [6.07, 6.45) is 2.58. The van der Waals surface area contributed by atoms with Gasteiger partial charge in [0.2, 0.25) is 0 Å². The smallest absolute Gasteiger partial charge is 0.333 e. The number of esters is 1. The van der Waals surface area contributed by atoms with Crippen molar-refractivity contribution in [3.8, 4) is 0 Å². The lowest BCUT2D eigenvalue weighted by Gasteiger charge is -2.05. The van der Waals surface area contributed by atoms with E-state index in [1.54, 1.807) is 11.8 Å². The number of halogens is 1. The van der Waals surface area contributed by atoms with E-state index in [2.05, 4.69) is 15.9 Å². The Kier molecular flexibility index (Phi) is 6.29. The molecule has 0 aliphatic carbocycles. The maximum absolute atomic E-state index is 11.4. The van der Waals surface area contributed by atoms with Crippen LogP contribution < -0.4 is 5.73 Å². The van der Waals surface area contributed by atoms with Crippen LogP contribution in [0.1, 0.15) is 13.3 Å². The molecule has 0 bridgehead atoms. The van der Waals surface area contributed by atoms with Crippen molar-refractivity contribution in [2.75, 3.05) is 18.6 Å². The summed E-state index contributed by atoms with van der Waals surface area (Å²) in [5, 5.41) is 0. The molecular formula is C13H16BrNO2S. The number of hydrogen-bond donors (Lipinski definition) is 1. The molecule has 0 aliphatic heterocycles. The van der Waals surface area contributed by atoms with Gasteiger partial charge >= 0.3 is 5.97 Å². The van der Waals surface area contributed by atoms with Crippen molar-refractivity contribution in [3.05, 3.63) is 34.3 Å². The van der Waals surface area contributed by atoms with Crippen molar-refractivity contribution in [3.63, 3.8) is 0 Å². The number of ether oxygens (including phenoxy) is 1. The number of benzene rings is 1. The lowest BCUT2D eigenvalue weighted by atomic mass is 10.2. The molecule has 0 aliphatic rings. The van der Waals surface area contributed by atoms with Gasteiger partial charge in [0.1, 0.15) is 0 Å². The highest BCUT2D eigenvalue weighted by Crippen LogP contribution is 2.29. The molecule has 0 saturated carbocycles. The monoisotopic (exact) mass is 329 g/mol. The van der Waals surface area contributed by atoms with Gasteiger partial charge in [-0.1, -0.05) is 13.0 Å². The van der Waals surface area contributed by atoms with Crippen molar-refractivity contribution < 1.29 is 9.53 Å². The summed E-state index contributed by atoms with van der Waals surface area (Å²) in [6, 6.07) is 5.69. The molecule has 0 heterocycles. The molecule has 0 unspecified atom stereocenters. The Hall–Kier alpha value is -0.940. The van der Waals surface area contributed by atoms with E-state index >= 15 is 0 Å². The topological polar surface area (TPSA) is 52.3 Å². The van der Waals surface area contributed by atoms with Crippen LogP contribution in [0.5, 0.6) is 0 Å². The molecule has 0 amide bonds. The van der Waals surface area contributed by atoms with Gasteiger partial charge in [0.15, 0.2) is 0 Å². The Balaban J connectivity index is 2.65. The van der Waals surface area contributed by atoms with Gasteiger partial charge in [0.05, 0.1) is 7.11 Å². The zero-order valence-electron chi connectivity index (χ0n) is 10.4. The number of nitrogen functional groups attached to an aromatic ring is 1. The lowest BCUT2D eigenvalue weighted by Crippen LogP contribution is -2.04. The molecule has 0 saturated heterocycles. The third-order valence-corrected chi connectivity index (χ3v) is 4.27. The molecule has 18 heavy (non-hydrogen) atoms. The number of rotatable bonds is 5. The first-order chi connectivity index (χ1) is 8.58. The summed E-state index contributed by atoms with van der Waals surface area (Å²) in [6.45, 7) is 1.94. The standard InChI is InChI=1S/C13H16BrNO2S/c1-3-9(13(16)17-2)6-7-18-12-5-4-10(15)8-11(12)14/h4-6,8H,3,7,15H2,1-2H3/b9-6-. The largest absolute Gasteiger partial charge is 0.466 e. The molecule has 3 nitrogen and oxygen atoms in total. The first-order valence-corrected chi connectivity index (χ1v) is 7.31. The highest BCUT2D eigenvalue weighted by Gasteiger charge is 2.06. The van der Waals surface area contributed by atoms with Crippen LogP contribution in [0.4, 0.5) is 5.69 Å². The van der Waals surface area contributed by atoms with Crippen LogP contribution in [-0.4, -0.2) is 18.8 Å². The average molecular weight is 330 g/mol. The maximum Gasteiger partial charge on any atom is 0.333 e. The molecule has 1 rings (SSSR count). The number of nitrogens with two attached hydrogens (primary N) is 1. The van der Waals surface area contributed by atoms with Crippen LogP contribution in [-0.2, 0) is 9.53 Å². The third-order valence-electron chi connectivity index (χ3n) is 2.35. The predicted molar refractivity (Wildman–Crippen MR) is 79.7 cm³/mol. The minimum absolute atomic E-state index is 0.255. The van der Waals surface area contributed by atoms with E-state index in [-0.39, 0.29) is 5.97 Å². The van der Waals surface area contributed by atoms with Gasteiger partial charge < -0.3 is 10.5 Å². The van der Waals surface area contributed by atoms with Crippen molar-refractivity contribution in [1.29, 1.82) is 0 Å². The van der Waals surface area contributed by atoms with Gasteiger partial charge in [-0.05, 0) is 40.5 Å². The van der Waals surface area contributed by atoms with Gasteiger partial charge in [-0.15, -0.1) is 11.8 Å². The van der Waals surface area contributed by atoms with Gasteiger partial charge in [0, 0.05) is 26.4 Å². The quantitative estimate of drug-likeness (QED) is 0.388. The number of carbonyl (C=O) groups excluding carboxylic acids is 1. The number of hydrogen-bond acceptors (Lipinski definition) is 4. The SMILES string of the molecule is CC/C(=C/CSc1ccc(N)cc1Br)C(=O)OC. The summed E-state index contributed by atoms with van der Waals surface area (Å²) in [5.41, 5.74) is 7.10. The summed E-state index contributed by atoms with van der Waals surface area (Å²) < 4.78 is 5.67. The summed E-state index contributed by atoms with van der Waals surface area (Å²) >= 11 is 5.10. The van der Waals surface area contributed by atoms with Crippen LogP contribution in [0, 0.1) is 0 Å². The van der Waals surface area contributed by atoms with Crippen LogP contribution in [0.2, 0.25) is 0 Å². The summed E-state index contributed by atoms with van der Waals surface area (Å²) in [4.78, 5) is 12.5. The van der Waals surface area contributed by atoms with Crippen LogP contribution in [0.25, 0.3) is 0 Å². The van der Waals surface area contributed by atoms with Crippen LogP contribution in [0.15, 0.2) is 39.2 Å². The van der Waals surface area contributed by atoms with Crippen LogP contribution in [0.3, 0.4) is 0 Å². The molecule has 0 atom stereocenters. The van der Waals surface area contributed by atoms with Crippen molar-refractivity contribution in [2.45, 2.75) is 18.2 Å². The fourth-order valence-corrected chi connectivity index (χ4v) is 2.93. The molecular weight excluding hydrogens is 314 g/mol. The van der Waals surface area contributed by atoms with E-state index < -0.39 is 0 Å². The summed E-state index contributed by atoms with van der Waals surface area (Å²) in [5.74, 6) is 0.468. The number of carbonyl (C=O) groups is 1. The van der Waals surface area contributed by atoms with E-state index in [0.29, 0.717) is 12.0 Å². The highest BCUT2D eigenvalue weighted by molar-refractivity contribution is 9.10. The molecule has 1 aromatic carbocycles. The first-order valence-electron chi connectivity index (χ1n) is 5.53. The van der Waals surface area contributed by atoms with Gasteiger partial charge in [0.25, 0.3) is 0 Å². The van der Waals surface area contributed by atoms with Crippen LogP contribution >= 0.6 is 27.7 Å². The maximum atomic E-state index is 11.4. The van der Waals surface area contributed by atoms with E-state index in [1.807, 2.05) is 31.2 Å². The minimum atomic E-state index is -0.255. The van der Waals surface area contributed by atoms with Gasteiger partial charge in [-0.25, -0.2) is 4.79 Å². The Bertz CT molecular complexity index is 460. The first kappa shape index (κ1) is 15.1. The molecule has 0 radical (unpaired) electrons. The van der Waals surface area contributed by atoms with Crippen molar-refractivity contribution >= 4 is 39.3 Å². The molecule has 1 aromatic rings. The predicted octanol–water partition coefficient (Wildman–Crippen LogP) is 3.63. The van der Waals surface area contributed by atoms with E-state index in [1.165, 1.54) is 7.11 Å². The second kappa shape index (κ2) is 7.48. The zero-order valence-corrected chi connectivity index (χ0v) is 12.8. The van der Waals surface area contributed by atoms with E-state index in [4.69, 9.17) is 10.5 Å². The fraction of sp³-hybridized carbons (Fsp3) is 0.308. The van der Waals surface area contributed by atoms with E-state index in [0.717, 1.165) is 20.8 Å². The second-order valence-electron chi connectivity index (χ2n) is 3.58. The molecule has 5 heteroatoms. The Morgan fingerprint density at radius 1 is 1.56 bits per heavy atom.